The van der Waals surface area contributed by atoms with E-state index in [0.717, 1.165) is 11.1 Å². The lowest BCUT2D eigenvalue weighted by Crippen LogP contribution is -2.48. The van der Waals surface area contributed by atoms with Crippen LogP contribution in [0.5, 0.6) is 5.75 Å². The zero-order valence-electron chi connectivity index (χ0n) is 14.7. The third-order valence-corrected chi connectivity index (χ3v) is 5.33. The highest BCUT2D eigenvalue weighted by atomic mass is 127. The Kier molecular flexibility index (Phi) is 8.61. The second-order valence-corrected chi connectivity index (χ2v) is 8.09. The number of alkyl carbamates (subject to hydrolysis) is 1. The van der Waals surface area contributed by atoms with Gasteiger partial charge in [-0.2, -0.15) is 0 Å². The zero-order valence-corrected chi connectivity index (χ0v) is 19.0. The van der Waals surface area contributed by atoms with Crippen LogP contribution in [0.2, 0.25) is 0 Å². The molecular formula is C19H20I2N2O4. The minimum atomic E-state index is -0.774. The molecule has 144 valence electrons. The van der Waals surface area contributed by atoms with E-state index in [-0.39, 0.29) is 18.3 Å². The van der Waals surface area contributed by atoms with Gasteiger partial charge in [0.1, 0.15) is 18.4 Å². The number of rotatable bonds is 7. The lowest BCUT2D eigenvalue weighted by atomic mass is 10.1. The van der Waals surface area contributed by atoms with Gasteiger partial charge in [-0.15, -0.1) is 0 Å². The summed E-state index contributed by atoms with van der Waals surface area (Å²) < 4.78 is 6.60. The van der Waals surface area contributed by atoms with E-state index < -0.39 is 12.1 Å². The molecule has 0 bridgehead atoms. The lowest BCUT2D eigenvalue weighted by Gasteiger charge is -2.18. The van der Waals surface area contributed by atoms with Crippen LogP contribution in [0.1, 0.15) is 18.1 Å². The highest BCUT2D eigenvalue weighted by Gasteiger charge is 2.22. The monoisotopic (exact) mass is 594 g/mol. The maximum Gasteiger partial charge on any atom is 0.408 e. The van der Waals surface area contributed by atoms with Gasteiger partial charge in [0.2, 0.25) is 5.91 Å². The number of amides is 2. The maximum atomic E-state index is 12.4. The van der Waals surface area contributed by atoms with Gasteiger partial charge < -0.3 is 20.5 Å². The first-order valence-corrected chi connectivity index (χ1v) is 10.5. The quantitative estimate of drug-likeness (QED) is 0.429. The van der Waals surface area contributed by atoms with Gasteiger partial charge in [-0.1, -0.05) is 30.3 Å². The number of hydrogen-bond donors (Lipinski definition) is 3. The van der Waals surface area contributed by atoms with E-state index in [1.165, 1.54) is 0 Å². The van der Waals surface area contributed by atoms with Gasteiger partial charge in [-0.3, -0.25) is 4.79 Å². The molecule has 2 aromatic carbocycles. The van der Waals surface area contributed by atoms with E-state index in [4.69, 9.17) is 4.74 Å². The summed E-state index contributed by atoms with van der Waals surface area (Å²) in [7, 11) is 0. The van der Waals surface area contributed by atoms with Crippen molar-refractivity contribution < 1.29 is 19.4 Å². The van der Waals surface area contributed by atoms with Crippen molar-refractivity contribution in [3.05, 3.63) is 60.7 Å². The Labute approximate surface area is 185 Å². The van der Waals surface area contributed by atoms with Crippen LogP contribution in [0.4, 0.5) is 4.79 Å². The van der Waals surface area contributed by atoms with Crippen LogP contribution in [0.25, 0.3) is 0 Å². The van der Waals surface area contributed by atoms with Crippen LogP contribution in [0.3, 0.4) is 0 Å². The van der Waals surface area contributed by atoms with Gasteiger partial charge >= 0.3 is 6.09 Å². The van der Waals surface area contributed by atoms with Crippen LogP contribution >= 0.6 is 45.2 Å². The number of halogens is 2. The maximum absolute atomic E-state index is 12.4. The zero-order chi connectivity index (χ0) is 19.8. The topological polar surface area (TPSA) is 87.7 Å². The predicted molar refractivity (Wildman–Crippen MR) is 119 cm³/mol. The Hall–Kier alpha value is -1.56. The molecule has 2 rings (SSSR count). The van der Waals surface area contributed by atoms with E-state index in [0.29, 0.717) is 20.1 Å². The minimum Gasteiger partial charge on any atom is -0.506 e. The van der Waals surface area contributed by atoms with Crippen molar-refractivity contribution in [2.75, 3.05) is 6.54 Å². The summed E-state index contributed by atoms with van der Waals surface area (Å²) in [4.78, 5) is 24.5. The molecule has 6 nitrogen and oxygen atoms in total. The molecule has 0 aromatic heterocycles. The van der Waals surface area contributed by atoms with E-state index in [1.807, 2.05) is 82.4 Å². The first-order chi connectivity index (χ1) is 12.9. The SMILES string of the molecule is CCNC(=O)[C@H](Cc1cc(I)c(O)c(I)c1)NC(=O)OCc1ccccc1. The van der Waals surface area contributed by atoms with Crippen LogP contribution < -0.4 is 10.6 Å². The summed E-state index contributed by atoms with van der Waals surface area (Å²) in [5.74, 6) is -0.0722. The van der Waals surface area contributed by atoms with Gasteiger partial charge in [0.15, 0.2) is 0 Å². The molecular weight excluding hydrogens is 574 g/mol. The number of carbonyl (C=O) groups is 2. The summed E-state index contributed by atoms with van der Waals surface area (Å²) in [6.07, 6.45) is -0.364. The summed E-state index contributed by atoms with van der Waals surface area (Å²) in [6.45, 7) is 2.40. The molecule has 0 saturated carbocycles. The van der Waals surface area contributed by atoms with Crippen molar-refractivity contribution in [3.63, 3.8) is 0 Å². The standard InChI is InChI=1S/C19H20I2N2O4/c1-2-22-18(25)16(10-13-8-14(20)17(24)15(21)9-13)23-19(26)27-11-12-6-4-3-5-7-12/h3-9,16,24H,2,10-11H2,1H3,(H,22,25)(H,23,26)/t16-/m0/s1. The highest BCUT2D eigenvalue weighted by molar-refractivity contribution is 14.1. The molecule has 0 aliphatic carbocycles. The average Bonchev–Trinajstić information content (AvgIpc) is 2.65. The highest BCUT2D eigenvalue weighted by Crippen LogP contribution is 2.27. The number of nitrogens with one attached hydrogen (secondary N) is 2. The number of phenols is 1. The van der Waals surface area contributed by atoms with Crippen LogP contribution in [-0.2, 0) is 22.6 Å². The van der Waals surface area contributed by atoms with Crippen molar-refractivity contribution >= 4 is 57.2 Å². The summed E-state index contributed by atoms with van der Waals surface area (Å²) in [6, 6.07) is 12.1. The van der Waals surface area contributed by atoms with Crippen LogP contribution in [0, 0.1) is 7.14 Å². The fraction of sp³-hybridized carbons (Fsp3) is 0.263. The third-order valence-electron chi connectivity index (χ3n) is 3.69. The van der Waals surface area contributed by atoms with Gasteiger partial charge in [0, 0.05) is 13.0 Å². The van der Waals surface area contributed by atoms with Gasteiger partial charge in [-0.25, -0.2) is 4.79 Å². The molecule has 0 spiro atoms. The van der Waals surface area contributed by atoms with Gasteiger partial charge in [-0.05, 0) is 75.4 Å². The van der Waals surface area contributed by atoms with Crippen molar-refractivity contribution in [1.29, 1.82) is 0 Å². The average molecular weight is 594 g/mol. The molecule has 0 aliphatic rings. The largest absolute Gasteiger partial charge is 0.506 e. The number of ether oxygens (including phenoxy) is 1. The molecule has 27 heavy (non-hydrogen) atoms. The Morgan fingerprint density at radius 1 is 1.11 bits per heavy atom. The molecule has 3 N–H and O–H groups in total. The predicted octanol–water partition coefficient (Wildman–Crippen LogP) is 3.58. The van der Waals surface area contributed by atoms with Crippen LogP contribution in [-0.4, -0.2) is 29.7 Å². The normalized spacial score (nSPS) is 11.5. The van der Waals surface area contributed by atoms with Crippen molar-refractivity contribution in [2.45, 2.75) is 26.0 Å². The summed E-state index contributed by atoms with van der Waals surface area (Å²) in [5, 5.41) is 15.3. The van der Waals surface area contributed by atoms with Crippen LogP contribution in [0.15, 0.2) is 42.5 Å². The lowest BCUT2D eigenvalue weighted by molar-refractivity contribution is -0.122. The summed E-state index contributed by atoms with van der Waals surface area (Å²) in [5.41, 5.74) is 1.70. The molecule has 0 unspecified atom stereocenters. The Morgan fingerprint density at radius 2 is 1.74 bits per heavy atom. The fourth-order valence-corrected chi connectivity index (χ4v) is 4.28. The molecule has 0 radical (unpaired) electrons. The van der Waals surface area contributed by atoms with Crippen molar-refractivity contribution in [3.8, 4) is 5.75 Å². The smallest absolute Gasteiger partial charge is 0.408 e. The Balaban J connectivity index is 2.05. The molecule has 1 atom stereocenters. The van der Waals surface area contributed by atoms with E-state index in [1.54, 1.807) is 12.1 Å². The molecule has 2 aromatic rings. The molecule has 0 heterocycles. The van der Waals surface area contributed by atoms with Crippen molar-refractivity contribution in [2.24, 2.45) is 0 Å². The van der Waals surface area contributed by atoms with Gasteiger partial charge in [0.05, 0.1) is 7.14 Å². The molecule has 0 aliphatic heterocycles. The molecule has 0 fully saturated rings. The first-order valence-electron chi connectivity index (χ1n) is 8.32. The molecule has 2 amide bonds. The molecule has 0 saturated heterocycles. The second kappa shape index (κ2) is 10.7. The first kappa shape index (κ1) is 21.7. The Bertz CT molecular complexity index is 777. The minimum absolute atomic E-state index is 0.129. The van der Waals surface area contributed by atoms with E-state index in [2.05, 4.69) is 10.6 Å². The van der Waals surface area contributed by atoms with Crippen molar-refractivity contribution in [1.82, 2.24) is 10.6 Å². The Morgan fingerprint density at radius 3 is 2.33 bits per heavy atom. The number of aromatic hydroxyl groups is 1. The van der Waals surface area contributed by atoms with E-state index >= 15 is 0 Å². The number of benzene rings is 2. The molecule has 8 heteroatoms. The van der Waals surface area contributed by atoms with E-state index in [9.17, 15) is 14.7 Å². The third kappa shape index (κ3) is 6.83. The number of likely N-dealkylation sites (N-methyl/N-ethyl adjacent to an activating group) is 1. The second-order valence-electron chi connectivity index (χ2n) is 5.77. The summed E-state index contributed by atoms with van der Waals surface area (Å²) >= 11 is 4.07. The van der Waals surface area contributed by atoms with Gasteiger partial charge in [0.25, 0.3) is 0 Å². The number of carbonyl (C=O) groups excluding carboxylic acids is 2. The fourth-order valence-electron chi connectivity index (χ4n) is 2.39. The number of phenolic OH excluding ortho intramolecular Hbond substituents is 1. The number of hydrogen-bond acceptors (Lipinski definition) is 4.